The molecule has 1 spiro atoms. The summed E-state index contributed by atoms with van der Waals surface area (Å²) >= 11 is 0. The first-order chi connectivity index (χ1) is 23.1. The molecule has 0 N–H and O–H groups in total. The second-order valence-electron chi connectivity index (χ2n) is 16.7. The Labute approximate surface area is 295 Å². The topological polar surface area (TPSA) is 19.0 Å². The molecule has 2 unspecified atom stereocenters. The van der Waals surface area contributed by atoms with Crippen LogP contribution in [0.5, 0.6) is 0 Å². The highest BCUT2D eigenvalue weighted by molar-refractivity contribution is 4.97. The lowest BCUT2D eigenvalue weighted by atomic mass is 9.58. The maximum absolute atomic E-state index is 6.66. The predicted molar refractivity (Wildman–Crippen MR) is 207 cm³/mol. The number of hydrogen-bond acceptors (Lipinski definition) is 4. The van der Waals surface area contributed by atoms with Crippen LogP contribution >= 0.6 is 0 Å². The Kier molecular flexibility index (Phi) is 22.6. The largest absolute Gasteiger partial charge is 0.378 e. The number of rotatable bonds is 29. The van der Waals surface area contributed by atoms with E-state index in [1.165, 1.54) is 219 Å². The van der Waals surface area contributed by atoms with Crippen LogP contribution in [0.15, 0.2) is 0 Å². The molecule has 0 aromatic carbocycles. The van der Waals surface area contributed by atoms with E-state index in [4.69, 9.17) is 4.74 Å². The van der Waals surface area contributed by atoms with Gasteiger partial charge in [0.25, 0.3) is 0 Å². The van der Waals surface area contributed by atoms with E-state index >= 15 is 0 Å². The molecule has 0 amide bonds. The molecule has 2 atom stereocenters. The van der Waals surface area contributed by atoms with E-state index in [-0.39, 0.29) is 0 Å². The Morgan fingerprint density at radius 3 is 1.43 bits per heavy atom. The first kappa shape index (κ1) is 41.3. The van der Waals surface area contributed by atoms with Crippen molar-refractivity contribution in [2.75, 3.05) is 59.0 Å². The van der Waals surface area contributed by atoms with Gasteiger partial charge in [-0.2, -0.15) is 0 Å². The van der Waals surface area contributed by atoms with Gasteiger partial charge in [-0.05, 0) is 75.8 Å². The Hall–Kier alpha value is -0.160. The van der Waals surface area contributed by atoms with Gasteiger partial charge in [0.05, 0.1) is 6.10 Å². The molecule has 2 saturated heterocycles. The van der Waals surface area contributed by atoms with Crippen LogP contribution in [0.4, 0.5) is 0 Å². The van der Waals surface area contributed by atoms with Gasteiger partial charge in [0.1, 0.15) is 0 Å². The monoisotopic (exact) mass is 660 g/mol. The van der Waals surface area contributed by atoms with Gasteiger partial charge in [-0.3, -0.25) is 9.80 Å². The summed E-state index contributed by atoms with van der Waals surface area (Å²) in [5.74, 6) is 0.836. The van der Waals surface area contributed by atoms with E-state index < -0.39 is 0 Å². The van der Waals surface area contributed by atoms with Crippen LogP contribution in [0.1, 0.15) is 195 Å². The van der Waals surface area contributed by atoms with E-state index in [1.807, 2.05) is 0 Å². The van der Waals surface area contributed by atoms with Crippen molar-refractivity contribution in [2.24, 2.45) is 11.3 Å². The molecule has 4 heteroatoms. The number of likely N-dealkylation sites (tertiary alicyclic amines) is 1. The van der Waals surface area contributed by atoms with Crippen LogP contribution in [0.2, 0.25) is 0 Å². The molecule has 47 heavy (non-hydrogen) atoms. The maximum Gasteiger partial charge on any atom is 0.0575 e. The van der Waals surface area contributed by atoms with Crippen LogP contribution in [0.3, 0.4) is 0 Å². The number of unbranched alkanes of at least 4 members (excludes halogenated alkanes) is 14. The van der Waals surface area contributed by atoms with Crippen LogP contribution in [0, 0.1) is 11.3 Å². The van der Waals surface area contributed by atoms with Gasteiger partial charge in [-0.15, -0.1) is 0 Å². The van der Waals surface area contributed by atoms with E-state index in [0.29, 0.717) is 11.5 Å². The third-order valence-electron chi connectivity index (χ3n) is 12.6. The highest BCUT2D eigenvalue weighted by Crippen LogP contribution is 2.52. The summed E-state index contributed by atoms with van der Waals surface area (Å²) in [6.07, 6.45) is 37.0. The molecule has 0 aromatic rings. The normalized spacial score (nSPS) is 20.9. The summed E-state index contributed by atoms with van der Waals surface area (Å²) in [6, 6.07) is 0.845. The lowest BCUT2D eigenvalue weighted by Gasteiger charge is -2.52. The van der Waals surface area contributed by atoms with Gasteiger partial charge in [-0.1, -0.05) is 143 Å². The van der Waals surface area contributed by atoms with Crippen LogP contribution in [-0.4, -0.2) is 85.8 Å². The molecule has 3 rings (SSSR count). The van der Waals surface area contributed by atoms with Gasteiger partial charge >= 0.3 is 0 Å². The molecule has 1 saturated carbocycles. The van der Waals surface area contributed by atoms with Crippen molar-refractivity contribution < 1.29 is 4.74 Å². The molecule has 2 aliphatic heterocycles. The minimum absolute atomic E-state index is 0.529. The second-order valence-corrected chi connectivity index (χ2v) is 16.7. The summed E-state index contributed by atoms with van der Waals surface area (Å²) in [5.41, 5.74) is 0.662. The SMILES string of the molecule is CCCCCCCC(CCCCCC)OCC1CC2(CCN(CCN3CCN(C(CCCCCC)CCCCCCC)CC3)CC2)C1. The average Bonchev–Trinajstić information content (AvgIpc) is 3.08. The predicted octanol–water partition coefficient (Wildman–Crippen LogP) is 11.5. The third-order valence-corrected chi connectivity index (χ3v) is 12.6. The fraction of sp³-hybridized carbons (Fsp3) is 1.00. The van der Waals surface area contributed by atoms with Crippen molar-refractivity contribution in [3.05, 3.63) is 0 Å². The van der Waals surface area contributed by atoms with Crippen molar-refractivity contribution in [1.82, 2.24) is 14.7 Å². The Morgan fingerprint density at radius 2 is 0.936 bits per heavy atom. The van der Waals surface area contributed by atoms with Crippen molar-refractivity contribution in [3.8, 4) is 0 Å². The Balaban J connectivity index is 1.28. The molecule has 3 aliphatic rings. The van der Waals surface area contributed by atoms with Crippen molar-refractivity contribution in [3.63, 3.8) is 0 Å². The molecular weight excluding hydrogens is 574 g/mol. The lowest BCUT2D eigenvalue weighted by molar-refractivity contribution is -0.0710. The van der Waals surface area contributed by atoms with Crippen LogP contribution in [-0.2, 0) is 4.74 Å². The summed E-state index contributed by atoms with van der Waals surface area (Å²) < 4.78 is 6.66. The minimum Gasteiger partial charge on any atom is -0.378 e. The third kappa shape index (κ3) is 17.1. The molecule has 4 nitrogen and oxygen atoms in total. The van der Waals surface area contributed by atoms with Gasteiger partial charge < -0.3 is 9.64 Å². The lowest BCUT2D eigenvalue weighted by Crippen LogP contribution is -2.53. The molecule has 3 fully saturated rings. The highest BCUT2D eigenvalue weighted by atomic mass is 16.5. The quantitative estimate of drug-likeness (QED) is 0.0744. The molecule has 0 radical (unpaired) electrons. The van der Waals surface area contributed by atoms with Crippen LogP contribution in [0.25, 0.3) is 0 Å². The molecule has 0 aromatic heterocycles. The fourth-order valence-electron chi connectivity index (χ4n) is 9.23. The van der Waals surface area contributed by atoms with Gasteiger partial charge in [-0.25, -0.2) is 0 Å². The standard InChI is InChI=1S/C43H85N3O/c1-5-9-13-17-20-24-41(23-19-15-11-7-3)46-35-33-45(34-36-46)32-31-44-29-27-43(28-30-44)37-40(38-43)39-47-42(25-21-16-12-8-4)26-22-18-14-10-6-2/h40-42H,5-39H2,1-4H3. The molecule has 0 bridgehead atoms. The number of nitrogens with zero attached hydrogens (tertiary/aromatic N) is 3. The summed E-state index contributed by atoms with van der Waals surface area (Å²) in [6.45, 7) is 20.8. The zero-order chi connectivity index (χ0) is 33.4. The number of ether oxygens (including phenoxy) is 1. The van der Waals surface area contributed by atoms with Crippen molar-refractivity contribution in [2.45, 2.75) is 207 Å². The van der Waals surface area contributed by atoms with E-state index in [9.17, 15) is 0 Å². The molecule has 2 heterocycles. The minimum atomic E-state index is 0.529. The summed E-state index contributed by atoms with van der Waals surface area (Å²) in [7, 11) is 0. The molecular formula is C43H85N3O. The van der Waals surface area contributed by atoms with Crippen molar-refractivity contribution >= 4 is 0 Å². The zero-order valence-electron chi connectivity index (χ0n) is 32.7. The van der Waals surface area contributed by atoms with Gasteiger partial charge in [0.2, 0.25) is 0 Å². The van der Waals surface area contributed by atoms with E-state index in [2.05, 4.69) is 42.4 Å². The number of hydrogen-bond donors (Lipinski definition) is 0. The first-order valence-corrected chi connectivity index (χ1v) is 21.9. The maximum atomic E-state index is 6.66. The fourth-order valence-corrected chi connectivity index (χ4v) is 9.23. The number of piperazine rings is 1. The van der Waals surface area contributed by atoms with E-state index in [1.54, 1.807) is 0 Å². The van der Waals surface area contributed by atoms with Crippen molar-refractivity contribution in [1.29, 1.82) is 0 Å². The smallest absolute Gasteiger partial charge is 0.0575 e. The molecule has 278 valence electrons. The Morgan fingerprint density at radius 1 is 0.511 bits per heavy atom. The van der Waals surface area contributed by atoms with Gasteiger partial charge in [0, 0.05) is 51.9 Å². The summed E-state index contributed by atoms with van der Waals surface area (Å²) in [4.78, 5) is 8.49. The molecule has 1 aliphatic carbocycles. The summed E-state index contributed by atoms with van der Waals surface area (Å²) in [5, 5.41) is 0. The van der Waals surface area contributed by atoms with E-state index in [0.717, 1.165) is 18.6 Å². The number of piperidine rings is 1. The van der Waals surface area contributed by atoms with Crippen LogP contribution < -0.4 is 0 Å². The van der Waals surface area contributed by atoms with Gasteiger partial charge in [0.15, 0.2) is 0 Å². The highest BCUT2D eigenvalue weighted by Gasteiger charge is 2.45. The second kappa shape index (κ2) is 25.7. The Bertz CT molecular complexity index is 706. The zero-order valence-corrected chi connectivity index (χ0v) is 32.7. The average molecular weight is 660 g/mol. The first-order valence-electron chi connectivity index (χ1n) is 21.9.